The predicted octanol–water partition coefficient (Wildman–Crippen LogP) is 6.94. The van der Waals surface area contributed by atoms with Crippen LogP contribution in [0.3, 0.4) is 0 Å². The first-order valence-electron chi connectivity index (χ1n) is 14.5. The van der Waals surface area contributed by atoms with Crippen LogP contribution in [-0.4, -0.2) is 17.1 Å². The van der Waals surface area contributed by atoms with Gasteiger partial charge in [-0.2, -0.15) is 17.7 Å². The second kappa shape index (κ2) is 11.3. The second-order valence-electron chi connectivity index (χ2n) is 11.5. The molecule has 2 aliphatic rings. The number of hydrogen-bond acceptors (Lipinski definition) is 2. The minimum atomic E-state index is -5.24. The number of allylic oxidation sites excluding steroid dienone is 2. The van der Waals surface area contributed by atoms with Crippen molar-refractivity contribution in [1.29, 1.82) is 0 Å². The molecule has 5 rings (SSSR count). The van der Waals surface area contributed by atoms with Crippen LogP contribution in [0.2, 0.25) is 0 Å². The van der Waals surface area contributed by atoms with E-state index in [1.54, 1.807) is 23.2 Å². The fourth-order valence-corrected chi connectivity index (χ4v) is 6.89. The number of H-pyrrole nitrogens is 1. The Bertz CT molecular complexity index is 1520. The first kappa shape index (κ1) is 29.9. The summed E-state index contributed by atoms with van der Waals surface area (Å²) < 4.78 is 82.8. The molecule has 3 unspecified atom stereocenters. The first-order valence-corrected chi connectivity index (χ1v) is 14.5. The van der Waals surface area contributed by atoms with Crippen LogP contribution in [0.1, 0.15) is 86.5 Å². The van der Waals surface area contributed by atoms with Crippen molar-refractivity contribution in [1.82, 2.24) is 4.98 Å². The van der Waals surface area contributed by atoms with Crippen LogP contribution in [0.15, 0.2) is 49.1 Å². The number of esters is 1. The first-order chi connectivity index (χ1) is 20.0. The number of nitrogens with one attached hydrogen (secondary N) is 1. The number of nitrogens with zero attached hydrogens (tertiary/aromatic N) is 2. The van der Waals surface area contributed by atoms with Crippen molar-refractivity contribution in [2.75, 3.05) is 0 Å². The average Bonchev–Trinajstić information content (AvgIpc) is 3.42. The normalized spacial score (nSPS) is 20.2. The van der Waals surface area contributed by atoms with Gasteiger partial charge in [-0.25, -0.2) is 23.1 Å². The molecule has 0 spiro atoms. The van der Waals surface area contributed by atoms with E-state index in [-0.39, 0.29) is 23.4 Å². The van der Waals surface area contributed by atoms with Gasteiger partial charge in [0.2, 0.25) is 12.0 Å². The largest absolute Gasteiger partial charge is 0.451 e. The van der Waals surface area contributed by atoms with Crippen LogP contribution >= 0.6 is 0 Å². The summed E-state index contributed by atoms with van der Waals surface area (Å²) in [4.78, 5) is 15.8. The lowest BCUT2D eigenvalue weighted by Gasteiger charge is -2.43. The van der Waals surface area contributed by atoms with Gasteiger partial charge in [-0.05, 0) is 49.3 Å². The number of halogens is 5. The van der Waals surface area contributed by atoms with Crippen molar-refractivity contribution in [3.8, 4) is 11.3 Å². The Morgan fingerprint density at radius 3 is 2.60 bits per heavy atom. The Morgan fingerprint density at radius 1 is 1.19 bits per heavy atom. The Hall–Kier alpha value is -3.56. The number of benzene rings is 1. The Morgan fingerprint density at radius 2 is 1.93 bits per heavy atom. The number of aromatic amines is 1. The SMILES string of the molecule is CC=CCC(C)CCc1cc[n+]2c(c1)-c1c(cc(F)c(C(F)(F)F)c1F)C(C1C[n+]3c[nH]cc3C(=O)O1)C2(CC)CC. The van der Waals surface area contributed by atoms with Crippen molar-refractivity contribution in [3.63, 3.8) is 0 Å². The number of ether oxygens (including phenoxy) is 1. The molecule has 224 valence electrons. The summed E-state index contributed by atoms with van der Waals surface area (Å²) in [7, 11) is 0. The topological polar surface area (TPSA) is 49.8 Å². The number of carbonyl (C=O) groups excluding carboxylic acids is 1. The zero-order valence-electron chi connectivity index (χ0n) is 24.2. The summed E-state index contributed by atoms with van der Waals surface area (Å²) in [6.45, 7) is 8.14. The lowest BCUT2D eigenvalue weighted by atomic mass is 9.67. The monoisotopic (exact) mass is 589 g/mol. The van der Waals surface area contributed by atoms with E-state index >= 15 is 8.78 Å². The van der Waals surface area contributed by atoms with Gasteiger partial charge in [0.1, 0.15) is 24.1 Å². The molecule has 0 bridgehead atoms. The lowest BCUT2D eigenvalue weighted by molar-refractivity contribution is -0.768. The molecule has 1 N–H and O–H groups in total. The quantitative estimate of drug-likeness (QED) is 0.134. The predicted molar refractivity (Wildman–Crippen MR) is 145 cm³/mol. The number of aryl methyl sites for hydroxylation is 1. The van der Waals surface area contributed by atoms with Gasteiger partial charge in [0.05, 0.1) is 11.5 Å². The van der Waals surface area contributed by atoms with Crippen LogP contribution in [0, 0.1) is 17.6 Å². The molecule has 4 heterocycles. The highest BCUT2D eigenvalue weighted by Crippen LogP contribution is 2.51. The third-order valence-corrected chi connectivity index (χ3v) is 9.10. The standard InChI is InChI=1S/C32H35F5N3O2/c1-5-8-9-19(4)10-11-20-12-13-40-23(14-20)26-21(15-22(33)28(29(26)34)32(35,36)37)27(31(40,6-2)7-3)25-17-39-18-38-16-24(39)30(41)42-25/h5,8,12-16,18-19,25,27H,6-7,9-11,17H2,1-4H3/q+1/p+1. The fourth-order valence-electron chi connectivity index (χ4n) is 6.89. The molecule has 42 heavy (non-hydrogen) atoms. The number of pyridine rings is 1. The van der Waals surface area contributed by atoms with Crippen LogP contribution in [0.5, 0.6) is 0 Å². The summed E-state index contributed by atoms with van der Waals surface area (Å²) in [5.74, 6) is -4.37. The molecule has 3 aromatic rings. The Kier molecular flexibility index (Phi) is 8.02. The highest BCUT2D eigenvalue weighted by Gasteiger charge is 2.58. The Balaban J connectivity index is 1.72. The summed E-state index contributed by atoms with van der Waals surface area (Å²) >= 11 is 0. The van der Waals surface area contributed by atoms with Crippen LogP contribution in [-0.2, 0) is 29.4 Å². The third kappa shape index (κ3) is 4.92. The maximum atomic E-state index is 16.1. The van der Waals surface area contributed by atoms with E-state index in [0.717, 1.165) is 24.5 Å². The molecule has 0 saturated heterocycles. The number of rotatable bonds is 8. The molecule has 5 nitrogen and oxygen atoms in total. The highest BCUT2D eigenvalue weighted by atomic mass is 19.4. The van der Waals surface area contributed by atoms with Gasteiger partial charge < -0.3 is 4.74 Å². The van der Waals surface area contributed by atoms with Crippen LogP contribution < -0.4 is 9.13 Å². The van der Waals surface area contributed by atoms with Gasteiger partial charge in [0, 0.05) is 25.0 Å². The number of imidazole rings is 1. The van der Waals surface area contributed by atoms with Crippen molar-refractivity contribution in [2.24, 2.45) is 5.92 Å². The number of hydrogen-bond donors (Lipinski definition) is 1. The molecule has 2 aromatic heterocycles. The molecule has 0 amide bonds. The number of alkyl halides is 3. The highest BCUT2D eigenvalue weighted by molar-refractivity contribution is 5.86. The zero-order chi connectivity index (χ0) is 30.4. The maximum absolute atomic E-state index is 16.1. The van der Waals surface area contributed by atoms with E-state index in [9.17, 15) is 18.0 Å². The molecule has 3 atom stereocenters. The average molecular weight is 590 g/mol. The second-order valence-corrected chi connectivity index (χ2v) is 11.5. The Labute approximate surface area is 242 Å². The molecule has 0 radical (unpaired) electrons. The smallest absolute Gasteiger partial charge is 0.422 e. The zero-order valence-corrected chi connectivity index (χ0v) is 24.2. The number of fused-ring (bicyclic) bond motifs is 4. The number of carbonyl (C=O) groups is 1. The third-order valence-electron chi connectivity index (χ3n) is 9.10. The summed E-state index contributed by atoms with van der Waals surface area (Å²) in [6, 6.07) is 4.48. The molecule has 2 aliphatic heterocycles. The van der Waals surface area contributed by atoms with E-state index in [1.165, 1.54) is 6.20 Å². The van der Waals surface area contributed by atoms with E-state index in [4.69, 9.17) is 4.74 Å². The van der Waals surface area contributed by atoms with E-state index < -0.39 is 46.9 Å². The van der Waals surface area contributed by atoms with Crippen LogP contribution in [0.4, 0.5) is 22.0 Å². The van der Waals surface area contributed by atoms with Crippen molar-refractivity contribution < 1.29 is 40.6 Å². The van der Waals surface area contributed by atoms with Crippen molar-refractivity contribution in [3.05, 3.63) is 83.1 Å². The minimum absolute atomic E-state index is 0.0812. The van der Waals surface area contributed by atoms with E-state index in [1.807, 2.05) is 37.5 Å². The molecule has 10 heteroatoms. The molecule has 0 saturated carbocycles. The molecule has 0 aliphatic carbocycles. The summed E-state index contributed by atoms with van der Waals surface area (Å²) in [5.41, 5.74) is -1.55. The van der Waals surface area contributed by atoms with Gasteiger partial charge >= 0.3 is 12.1 Å². The van der Waals surface area contributed by atoms with E-state index in [2.05, 4.69) is 18.0 Å². The van der Waals surface area contributed by atoms with Gasteiger partial charge in [0.25, 0.3) is 5.69 Å². The van der Waals surface area contributed by atoms with Gasteiger partial charge in [0.15, 0.2) is 23.7 Å². The summed E-state index contributed by atoms with van der Waals surface area (Å²) in [6.07, 6.45) is 6.23. The fraction of sp³-hybridized carbons (Fsp3) is 0.469. The van der Waals surface area contributed by atoms with Gasteiger partial charge in [-0.3, -0.25) is 0 Å². The molecule has 1 aromatic carbocycles. The van der Waals surface area contributed by atoms with E-state index in [0.29, 0.717) is 30.9 Å². The lowest BCUT2D eigenvalue weighted by Crippen LogP contribution is -2.66. The molecular formula is C32H36F5N3O2+2. The van der Waals surface area contributed by atoms with Gasteiger partial charge in [-0.1, -0.05) is 32.9 Å². The minimum Gasteiger partial charge on any atom is -0.451 e. The van der Waals surface area contributed by atoms with Crippen molar-refractivity contribution in [2.45, 2.75) is 90.1 Å². The van der Waals surface area contributed by atoms with Gasteiger partial charge in [-0.15, -0.1) is 0 Å². The number of cyclic esters (lactones) is 1. The van der Waals surface area contributed by atoms with Crippen LogP contribution in [0.25, 0.3) is 11.3 Å². The maximum Gasteiger partial charge on any atom is 0.422 e. The number of aromatic nitrogens is 3. The molecular weight excluding hydrogens is 553 g/mol. The van der Waals surface area contributed by atoms with Crippen molar-refractivity contribution >= 4 is 5.97 Å². The molecule has 0 fully saturated rings. The summed E-state index contributed by atoms with van der Waals surface area (Å²) in [5, 5.41) is 0.